The second kappa shape index (κ2) is 14.5. The molecule has 0 aromatic carbocycles. The minimum absolute atomic E-state index is 0.609. The predicted molar refractivity (Wildman–Crippen MR) is 99.2 cm³/mol. The Morgan fingerprint density at radius 3 is 1.36 bits per heavy atom. The van der Waals surface area contributed by atoms with Crippen LogP contribution in [-0.2, 0) is 0 Å². The Morgan fingerprint density at radius 2 is 1.00 bits per heavy atom. The van der Waals surface area contributed by atoms with Crippen molar-refractivity contribution in [3.63, 3.8) is 0 Å². The molecule has 1 unspecified atom stereocenters. The van der Waals surface area contributed by atoms with E-state index >= 15 is 0 Å². The molecule has 22 heavy (non-hydrogen) atoms. The SMILES string of the molecule is CCCCCCCCCCCCCCC(C)(O)N(CC)CC. The van der Waals surface area contributed by atoms with Crippen LogP contribution in [0.5, 0.6) is 0 Å². The van der Waals surface area contributed by atoms with Crippen LogP contribution in [0.3, 0.4) is 0 Å². The molecule has 1 N–H and O–H groups in total. The molecule has 0 bridgehead atoms. The van der Waals surface area contributed by atoms with E-state index in [1.165, 1.54) is 70.6 Å². The smallest absolute Gasteiger partial charge is 0.115 e. The molecule has 2 nitrogen and oxygen atoms in total. The third kappa shape index (κ3) is 11.5. The van der Waals surface area contributed by atoms with E-state index in [0.29, 0.717) is 0 Å². The van der Waals surface area contributed by atoms with Gasteiger partial charge in [-0.25, -0.2) is 0 Å². The lowest BCUT2D eigenvalue weighted by atomic mass is 10.0. The molecule has 1 atom stereocenters. The zero-order valence-electron chi connectivity index (χ0n) is 16.0. The number of unbranched alkanes of at least 4 members (excludes halogenated alkanes) is 11. The topological polar surface area (TPSA) is 23.5 Å². The maximum absolute atomic E-state index is 10.5. The first kappa shape index (κ1) is 21.9. The largest absolute Gasteiger partial charge is 0.376 e. The molecule has 0 spiro atoms. The molecule has 0 amide bonds. The third-order valence-electron chi connectivity index (χ3n) is 4.95. The van der Waals surface area contributed by atoms with Crippen molar-refractivity contribution >= 4 is 0 Å². The van der Waals surface area contributed by atoms with Crippen molar-refractivity contribution in [2.24, 2.45) is 0 Å². The van der Waals surface area contributed by atoms with Crippen LogP contribution in [0.2, 0.25) is 0 Å². The van der Waals surface area contributed by atoms with Gasteiger partial charge in [0, 0.05) is 0 Å². The van der Waals surface area contributed by atoms with E-state index < -0.39 is 5.72 Å². The Morgan fingerprint density at radius 1 is 0.636 bits per heavy atom. The van der Waals surface area contributed by atoms with Crippen LogP contribution >= 0.6 is 0 Å². The van der Waals surface area contributed by atoms with E-state index in [-0.39, 0.29) is 0 Å². The zero-order chi connectivity index (χ0) is 16.7. The van der Waals surface area contributed by atoms with Crippen LogP contribution in [0.15, 0.2) is 0 Å². The van der Waals surface area contributed by atoms with Crippen LogP contribution in [0.4, 0.5) is 0 Å². The maximum Gasteiger partial charge on any atom is 0.115 e. The zero-order valence-corrected chi connectivity index (χ0v) is 16.0. The summed E-state index contributed by atoms with van der Waals surface area (Å²) in [6, 6.07) is 0. The fraction of sp³-hybridized carbons (Fsp3) is 1.00. The average Bonchev–Trinajstić information content (AvgIpc) is 2.49. The van der Waals surface area contributed by atoms with Crippen LogP contribution in [0.25, 0.3) is 0 Å². The Hall–Kier alpha value is -0.0800. The normalized spacial score (nSPS) is 14.5. The van der Waals surface area contributed by atoms with Gasteiger partial charge in [0.25, 0.3) is 0 Å². The van der Waals surface area contributed by atoms with Crippen molar-refractivity contribution in [2.75, 3.05) is 13.1 Å². The lowest BCUT2D eigenvalue weighted by molar-refractivity contribution is -0.0959. The number of aliphatic hydroxyl groups is 1. The van der Waals surface area contributed by atoms with Gasteiger partial charge in [0.15, 0.2) is 0 Å². The van der Waals surface area contributed by atoms with E-state index in [9.17, 15) is 5.11 Å². The molecule has 0 fully saturated rings. The highest BCUT2D eigenvalue weighted by molar-refractivity contribution is 4.72. The summed E-state index contributed by atoms with van der Waals surface area (Å²) in [6.07, 6.45) is 17.4. The molecule has 0 saturated carbocycles. The van der Waals surface area contributed by atoms with Gasteiger partial charge in [-0.2, -0.15) is 0 Å². The maximum atomic E-state index is 10.5. The molecule has 0 aliphatic carbocycles. The summed E-state index contributed by atoms with van der Waals surface area (Å²) in [6.45, 7) is 10.4. The second-order valence-corrected chi connectivity index (χ2v) is 7.03. The summed E-state index contributed by atoms with van der Waals surface area (Å²) < 4.78 is 0. The first-order valence-corrected chi connectivity index (χ1v) is 10.1. The molecular weight excluding hydrogens is 270 g/mol. The lowest BCUT2D eigenvalue weighted by Crippen LogP contribution is -2.46. The highest BCUT2D eigenvalue weighted by Gasteiger charge is 2.25. The molecule has 0 radical (unpaired) electrons. The molecule has 0 aliphatic rings. The fourth-order valence-electron chi connectivity index (χ4n) is 3.36. The Kier molecular flexibility index (Phi) is 14.5. The molecule has 0 heterocycles. The molecule has 134 valence electrons. The van der Waals surface area contributed by atoms with E-state index in [4.69, 9.17) is 0 Å². The van der Waals surface area contributed by atoms with Gasteiger partial charge in [-0.1, -0.05) is 91.4 Å². The average molecular weight is 314 g/mol. The number of rotatable bonds is 16. The van der Waals surface area contributed by atoms with Gasteiger partial charge < -0.3 is 5.11 Å². The Labute approximate surface area is 140 Å². The van der Waals surface area contributed by atoms with E-state index in [1.807, 2.05) is 6.92 Å². The minimum atomic E-state index is -0.609. The standard InChI is InChI=1S/C20H43NO/c1-5-8-9-10-11-12-13-14-15-16-17-18-19-20(4,22)21(6-2)7-3/h22H,5-19H2,1-4H3. The van der Waals surface area contributed by atoms with Crippen molar-refractivity contribution in [3.8, 4) is 0 Å². The summed E-state index contributed by atoms with van der Waals surface area (Å²) >= 11 is 0. The van der Waals surface area contributed by atoms with Crippen molar-refractivity contribution in [1.29, 1.82) is 0 Å². The Bertz CT molecular complexity index is 224. The highest BCUT2D eigenvalue weighted by atomic mass is 16.3. The summed E-state index contributed by atoms with van der Waals surface area (Å²) in [5.74, 6) is 0. The third-order valence-corrected chi connectivity index (χ3v) is 4.95. The van der Waals surface area contributed by atoms with Gasteiger partial charge in [-0.15, -0.1) is 0 Å². The minimum Gasteiger partial charge on any atom is -0.376 e. The highest BCUT2D eigenvalue weighted by Crippen LogP contribution is 2.20. The van der Waals surface area contributed by atoms with Crippen molar-refractivity contribution in [2.45, 2.75) is 117 Å². The number of hydrogen-bond donors (Lipinski definition) is 1. The fourth-order valence-corrected chi connectivity index (χ4v) is 3.36. The lowest BCUT2D eigenvalue weighted by Gasteiger charge is -2.35. The van der Waals surface area contributed by atoms with Gasteiger partial charge >= 0.3 is 0 Å². The summed E-state index contributed by atoms with van der Waals surface area (Å²) in [5, 5.41) is 10.5. The van der Waals surface area contributed by atoms with E-state index in [2.05, 4.69) is 25.7 Å². The number of hydrogen-bond acceptors (Lipinski definition) is 2. The summed E-state index contributed by atoms with van der Waals surface area (Å²) in [7, 11) is 0. The van der Waals surface area contributed by atoms with Crippen LogP contribution in [0, 0.1) is 0 Å². The first-order chi connectivity index (χ1) is 10.6. The van der Waals surface area contributed by atoms with Crippen LogP contribution in [-0.4, -0.2) is 28.8 Å². The molecule has 0 aromatic heterocycles. The predicted octanol–water partition coefficient (Wildman–Crippen LogP) is 6.13. The molecule has 0 aliphatic heterocycles. The quantitative estimate of drug-likeness (QED) is 0.274. The van der Waals surface area contributed by atoms with Crippen molar-refractivity contribution in [1.82, 2.24) is 4.90 Å². The van der Waals surface area contributed by atoms with Crippen LogP contribution < -0.4 is 0 Å². The van der Waals surface area contributed by atoms with Gasteiger partial charge in [-0.3, -0.25) is 4.90 Å². The van der Waals surface area contributed by atoms with E-state index in [0.717, 1.165) is 25.9 Å². The number of nitrogens with zero attached hydrogens (tertiary/aromatic N) is 1. The van der Waals surface area contributed by atoms with Crippen molar-refractivity contribution < 1.29 is 5.11 Å². The van der Waals surface area contributed by atoms with Gasteiger partial charge in [-0.05, 0) is 32.9 Å². The first-order valence-electron chi connectivity index (χ1n) is 10.1. The van der Waals surface area contributed by atoms with Gasteiger partial charge in [0.05, 0.1) is 0 Å². The van der Waals surface area contributed by atoms with Crippen LogP contribution in [0.1, 0.15) is 111 Å². The molecule has 2 heteroatoms. The van der Waals surface area contributed by atoms with Gasteiger partial charge in [0.2, 0.25) is 0 Å². The molecular formula is C20H43NO. The summed E-state index contributed by atoms with van der Waals surface area (Å²) in [4.78, 5) is 2.16. The molecule has 0 saturated heterocycles. The van der Waals surface area contributed by atoms with Crippen molar-refractivity contribution in [3.05, 3.63) is 0 Å². The molecule has 0 rings (SSSR count). The Balaban J connectivity index is 3.36. The summed E-state index contributed by atoms with van der Waals surface area (Å²) in [5.41, 5.74) is -0.609. The van der Waals surface area contributed by atoms with Gasteiger partial charge in [0.1, 0.15) is 5.72 Å². The monoisotopic (exact) mass is 313 g/mol. The molecule has 0 aromatic rings. The second-order valence-electron chi connectivity index (χ2n) is 7.03. The van der Waals surface area contributed by atoms with E-state index in [1.54, 1.807) is 0 Å².